The van der Waals surface area contributed by atoms with Crippen LogP contribution < -0.4 is 9.47 Å². The Morgan fingerprint density at radius 3 is 2.81 bits per heavy atom. The van der Waals surface area contributed by atoms with E-state index < -0.39 is 0 Å². The second kappa shape index (κ2) is 8.43. The fourth-order valence-corrected chi connectivity index (χ4v) is 5.56. The van der Waals surface area contributed by atoms with Crippen LogP contribution in [-0.2, 0) is 20.7 Å². The van der Waals surface area contributed by atoms with Gasteiger partial charge in [0.05, 0.1) is 26.2 Å². The maximum absolute atomic E-state index is 11.7. The number of esters is 1. The van der Waals surface area contributed by atoms with Gasteiger partial charge in [-0.25, -0.2) is 0 Å². The van der Waals surface area contributed by atoms with Crippen molar-refractivity contribution in [2.75, 3.05) is 20.3 Å². The Bertz CT molecular complexity index is 1010. The normalized spacial score (nSPS) is 25.5. The standard InChI is InChI=1S/C27H32O5/c1-27(2)12-5-13-30-26(27)22-7-4-6-21-20(22)10-11-23(21)32-18-8-9-19-17(14-25(28)29-3)16-31-24(19)15-18/h4,6-9,15,17,23,26H,5,10-14,16H2,1-3H3/t17?,23-,26?/m1/s1. The quantitative estimate of drug-likeness (QED) is 0.565. The summed E-state index contributed by atoms with van der Waals surface area (Å²) < 4.78 is 23.4. The number of carbonyl (C=O) groups is 1. The number of hydrogen-bond donors (Lipinski definition) is 0. The van der Waals surface area contributed by atoms with E-state index in [1.54, 1.807) is 0 Å². The molecule has 2 unspecified atom stereocenters. The van der Waals surface area contributed by atoms with Gasteiger partial charge in [-0.2, -0.15) is 0 Å². The first-order valence-corrected chi connectivity index (χ1v) is 11.7. The number of ether oxygens (including phenoxy) is 4. The molecule has 0 radical (unpaired) electrons. The van der Waals surface area contributed by atoms with Gasteiger partial charge in [0, 0.05) is 24.2 Å². The van der Waals surface area contributed by atoms with Crippen LogP contribution in [0.5, 0.6) is 11.5 Å². The molecule has 5 nitrogen and oxygen atoms in total. The van der Waals surface area contributed by atoms with Crippen molar-refractivity contribution < 1.29 is 23.7 Å². The van der Waals surface area contributed by atoms with E-state index in [1.807, 2.05) is 18.2 Å². The van der Waals surface area contributed by atoms with Crippen LogP contribution in [0.3, 0.4) is 0 Å². The maximum Gasteiger partial charge on any atom is 0.306 e. The van der Waals surface area contributed by atoms with Crippen molar-refractivity contribution in [3.63, 3.8) is 0 Å². The van der Waals surface area contributed by atoms with E-state index in [4.69, 9.17) is 18.9 Å². The lowest BCUT2D eigenvalue weighted by Crippen LogP contribution is -2.30. The monoisotopic (exact) mass is 436 g/mol. The first-order chi connectivity index (χ1) is 15.5. The van der Waals surface area contributed by atoms with E-state index in [0.717, 1.165) is 42.9 Å². The molecule has 2 aromatic carbocycles. The summed E-state index contributed by atoms with van der Waals surface area (Å²) in [4.78, 5) is 11.7. The van der Waals surface area contributed by atoms with E-state index >= 15 is 0 Å². The minimum atomic E-state index is -0.213. The van der Waals surface area contributed by atoms with Crippen LogP contribution in [-0.4, -0.2) is 26.3 Å². The summed E-state index contributed by atoms with van der Waals surface area (Å²) in [6.45, 7) is 5.97. The maximum atomic E-state index is 11.7. The Balaban J connectivity index is 1.35. The lowest BCUT2D eigenvalue weighted by molar-refractivity contribution is -0.141. The molecule has 0 spiro atoms. The summed E-state index contributed by atoms with van der Waals surface area (Å²) in [6.07, 6.45) is 4.80. The summed E-state index contributed by atoms with van der Waals surface area (Å²) >= 11 is 0. The summed E-state index contributed by atoms with van der Waals surface area (Å²) in [5, 5.41) is 0. The molecule has 1 saturated heterocycles. The zero-order chi connectivity index (χ0) is 22.3. The van der Waals surface area contributed by atoms with Crippen molar-refractivity contribution >= 4 is 5.97 Å². The van der Waals surface area contributed by atoms with Crippen LogP contribution in [0, 0.1) is 5.41 Å². The predicted octanol–water partition coefficient (Wildman–Crippen LogP) is 5.67. The molecule has 2 heterocycles. The number of carbonyl (C=O) groups excluding carboxylic acids is 1. The molecule has 0 bridgehead atoms. The van der Waals surface area contributed by atoms with E-state index in [1.165, 1.54) is 30.2 Å². The molecular weight excluding hydrogens is 404 g/mol. The predicted molar refractivity (Wildman–Crippen MR) is 121 cm³/mol. The average Bonchev–Trinajstić information content (AvgIpc) is 3.37. The SMILES string of the molecule is COC(=O)CC1COc2cc(O[C@@H]3CCc4c(C5OCCCC5(C)C)cccc43)ccc21. The number of benzene rings is 2. The lowest BCUT2D eigenvalue weighted by Gasteiger charge is -2.39. The van der Waals surface area contributed by atoms with Crippen molar-refractivity contribution in [1.29, 1.82) is 0 Å². The Kier molecular flexibility index (Phi) is 5.62. The van der Waals surface area contributed by atoms with Gasteiger partial charge in [-0.1, -0.05) is 38.1 Å². The highest BCUT2D eigenvalue weighted by atomic mass is 16.5. The van der Waals surface area contributed by atoms with Gasteiger partial charge in [-0.3, -0.25) is 4.79 Å². The van der Waals surface area contributed by atoms with Crippen LogP contribution in [0.2, 0.25) is 0 Å². The molecule has 2 aromatic rings. The topological polar surface area (TPSA) is 54.0 Å². The highest BCUT2D eigenvalue weighted by molar-refractivity contribution is 5.71. The number of rotatable bonds is 5. The molecule has 1 fully saturated rings. The average molecular weight is 437 g/mol. The molecule has 170 valence electrons. The van der Waals surface area contributed by atoms with Gasteiger partial charge < -0.3 is 18.9 Å². The van der Waals surface area contributed by atoms with Crippen LogP contribution >= 0.6 is 0 Å². The third kappa shape index (κ3) is 3.88. The van der Waals surface area contributed by atoms with E-state index in [2.05, 4.69) is 32.0 Å². The fourth-order valence-electron chi connectivity index (χ4n) is 5.56. The molecule has 3 atom stereocenters. The zero-order valence-corrected chi connectivity index (χ0v) is 19.2. The van der Waals surface area contributed by atoms with Gasteiger partial charge in [-0.05, 0) is 53.9 Å². The summed E-state index contributed by atoms with van der Waals surface area (Å²) in [5.74, 6) is 1.44. The van der Waals surface area contributed by atoms with Gasteiger partial charge in [0.1, 0.15) is 17.6 Å². The first-order valence-electron chi connectivity index (χ1n) is 11.7. The smallest absolute Gasteiger partial charge is 0.306 e. The minimum absolute atomic E-state index is 0.0296. The van der Waals surface area contributed by atoms with Gasteiger partial charge >= 0.3 is 5.97 Å². The molecule has 32 heavy (non-hydrogen) atoms. The van der Waals surface area contributed by atoms with Crippen molar-refractivity contribution in [2.45, 2.75) is 64.1 Å². The second-order valence-electron chi connectivity index (χ2n) is 9.89. The van der Waals surface area contributed by atoms with Gasteiger partial charge in [0.2, 0.25) is 0 Å². The van der Waals surface area contributed by atoms with Crippen molar-refractivity contribution in [3.8, 4) is 11.5 Å². The largest absolute Gasteiger partial charge is 0.492 e. The van der Waals surface area contributed by atoms with Crippen molar-refractivity contribution in [2.24, 2.45) is 5.41 Å². The molecule has 2 aliphatic heterocycles. The van der Waals surface area contributed by atoms with E-state index in [-0.39, 0.29) is 29.5 Å². The van der Waals surface area contributed by atoms with E-state index in [0.29, 0.717) is 13.0 Å². The summed E-state index contributed by atoms with van der Waals surface area (Å²) in [6, 6.07) is 12.6. The summed E-state index contributed by atoms with van der Waals surface area (Å²) in [5.41, 5.74) is 5.20. The Morgan fingerprint density at radius 2 is 2.00 bits per heavy atom. The number of fused-ring (bicyclic) bond motifs is 2. The molecule has 5 heteroatoms. The van der Waals surface area contributed by atoms with Gasteiger partial charge in [0.15, 0.2) is 0 Å². The fraction of sp³-hybridized carbons (Fsp3) is 0.519. The summed E-state index contributed by atoms with van der Waals surface area (Å²) in [7, 11) is 1.42. The molecule has 3 aliphatic rings. The van der Waals surface area contributed by atoms with Crippen LogP contribution in [0.15, 0.2) is 36.4 Å². The molecule has 0 saturated carbocycles. The number of methoxy groups -OCH3 is 1. The third-order valence-corrected chi connectivity index (χ3v) is 7.28. The van der Waals surface area contributed by atoms with Gasteiger partial charge in [-0.15, -0.1) is 0 Å². The highest BCUT2D eigenvalue weighted by Crippen LogP contribution is 2.48. The highest BCUT2D eigenvalue weighted by Gasteiger charge is 2.38. The Hall–Kier alpha value is -2.53. The third-order valence-electron chi connectivity index (χ3n) is 7.28. The zero-order valence-electron chi connectivity index (χ0n) is 19.2. The van der Waals surface area contributed by atoms with Gasteiger partial charge in [0.25, 0.3) is 0 Å². The lowest BCUT2D eigenvalue weighted by atomic mass is 9.76. The Morgan fingerprint density at radius 1 is 1.16 bits per heavy atom. The molecule has 0 N–H and O–H groups in total. The molecule has 1 aliphatic carbocycles. The number of hydrogen-bond acceptors (Lipinski definition) is 5. The van der Waals surface area contributed by atoms with Crippen molar-refractivity contribution in [3.05, 3.63) is 58.7 Å². The molecular formula is C27H32O5. The van der Waals surface area contributed by atoms with Crippen LogP contribution in [0.4, 0.5) is 0 Å². The molecule has 0 aromatic heterocycles. The Labute approximate surface area is 190 Å². The van der Waals surface area contributed by atoms with Crippen LogP contribution in [0.25, 0.3) is 0 Å². The second-order valence-corrected chi connectivity index (χ2v) is 9.89. The van der Waals surface area contributed by atoms with Crippen LogP contribution in [0.1, 0.15) is 79.9 Å². The van der Waals surface area contributed by atoms with E-state index in [9.17, 15) is 4.79 Å². The van der Waals surface area contributed by atoms with Crippen molar-refractivity contribution in [1.82, 2.24) is 0 Å². The minimum Gasteiger partial charge on any atom is -0.492 e. The molecule has 0 amide bonds. The molecule has 5 rings (SSSR count). The first kappa shape index (κ1) is 21.3.